The van der Waals surface area contributed by atoms with Crippen LogP contribution in [0.5, 0.6) is 0 Å². The number of allylic oxidation sites excluding steroid dienone is 9. The summed E-state index contributed by atoms with van der Waals surface area (Å²) >= 11 is 3.53. The summed E-state index contributed by atoms with van der Waals surface area (Å²) in [7, 11) is 1.54. The molecule has 0 spiro atoms. The molecule has 0 radical (unpaired) electrons. The number of hydrogen-bond donors (Lipinski definition) is 3. The molecule has 34 heavy (non-hydrogen) atoms. The van der Waals surface area contributed by atoms with E-state index in [-0.39, 0.29) is 16.9 Å². The first-order chi connectivity index (χ1) is 16.2. The highest BCUT2D eigenvalue weighted by Gasteiger charge is 2.25. The number of nitrogens with zero attached hydrogens (tertiary/aromatic N) is 1. The van der Waals surface area contributed by atoms with Crippen molar-refractivity contribution in [3.8, 4) is 0 Å². The Balaban J connectivity index is 0. The molecule has 0 unspecified atom stereocenters. The highest BCUT2D eigenvalue weighted by molar-refractivity contribution is 7.79. The smallest absolute Gasteiger partial charge is 0.138 e. The van der Waals surface area contributed by atoms with Crippen LogP contribution < -0.4 is 0 Å². The number of halogens is 3. The number of benzene rings is 1. The van der Waals surface area contributed by atoms with Crippen LogP contribution in [0.1, 0.15) is 46.6 Å². The Morgan fingerprint density at radius 3 is 1.97 bits per heavy atom. The number of nitrogens with one attached hydrogen (secondary N) is 2. The van der Waals surface area contributed by atoms with Gasteiger partial charge in [-0.2, -0.15) is 12.6 Å². The van der Waals surface area contributed by atoms with E-state index in [0.29, 0.717) is 29.8 Å². The van der Waals surface area contributed by atoms with E-state index in [0.717, 1.165) is 0 Å². The minimum Gasteiger partial charge on any atom is -0.305 e. The van der Waals surface area contributed by atoms with Crippen LogP contribution in [0.25, 0.3) is 0 Å². The molecule has 0 fully saturated rings. The lowest BCUT2D eigenvalue weighted by atomic mass is 9.86. The van der Waals surface area contributed by atoms with Gasteiger partial charge in [0.1, 0.15) is 17.5 Å². The van der Waals surface area contributed by atoms with Gasteiger partial charge < -0.3 is 5.41 Å². The Labute approximate surface area is 208 Å². The van der Waals surface area contributed by atoms with Crippen LogP contribution in [0.3, 0.4) is 0 Å². The summed E-state index contributed by atoms with van der Waals surface area (Å²) in [6.07, 6.45) is 12.3. The molecule has 7 heteroatoms. The second kappa shape index (κ2) is 18.5. The van der Waals surface area contributed by atoms with Crippen molar-refractivity contribution in [3.63, 3.8) is 0 Å². The third-order valence-electron chi connectivity index (χ3n) is 4.15. The van der Waals surface area contributed by atoms with Gasteiger partial charge in [0, 0.05) is 36.0 Å². The summed E-state index contributed by atoms with van der Waals surface area (Å²) in [5.74, 6) is -3.46. The first-order valence-electron chi connectivity index (χ1n) is 10.8. The van der Waals surface area contributed by atoms with Crippen LogP contribution in [0.15, 0.2) is 76.9 Å². The van der Waals surface area contributed by atoms with Crippen LogP contribution in [-0.2, 0) is 0 Å². The lowest BCUT2D eigenvalue weighted by Crippen LogP contribution is -2.19. The summed E-state index contributed by atoms with van der Waals surface area (Å²) in [6, 6.07) is 1.06. The molecule has 0 heterocycles. The van der Waals surface area contributed by atoms with Crippen molar-refractivity contribution in [2.45, 2.75) is 41.0 Å². The van der Waals surface area contributed by atoms with Crippen LogP contribution in [-0.4, -0.2) is 30.4 Å². The predicted octanol–water partition coefficient (Wildman–Crippen LogP) is 8.11. The fourth-order valence-corrected chi connectivity index (χ4v) is 2.82. The first-order valence-corrected chi connectivity index (χ1v) is 11.7. The van der Waals surface area contributed by atoms with Crippen molar-refractivity contribution in [1.82, 2.24) is 0 Å². The van der Waals surface area contributed by atoms with Gasteiger partial charge in [-0.15, -0.1) is 0 Å². The molecule has 0 saturated heterocycles. The van der Waals surface area contributed by atoms with Crippen molar-refractivity contribution in [1.29, 1.82) is 10.8 Å². The fraction of sp³-hybridized carbons (Fsp3) is 0.296. The standard InChI is InChI=1S/C24H26F3N3.C2H6.CH4S/c1-6-9-11-16(8-3)22(21(15(4)28)20(30-5)12-10-7-2)24(29)23-18(26)13-17(25)14-19(23)27;2*1-2/h6,8-14,28-29H,1,7H2,2-5H3;1-2H3;2H,1H3/b11-9-,12-10-,16-8+,22-21+,28-15?,29-24?,30-20?;;. The average Bonchev–Trinajstić information content (AvgIpc) is 2.82. The maximum absolute atomic E-state index is 14.5. The first kappa shape index (κ1) is 33.2. The molecule has 0 amide bonds. The molecule has 0 aromatic heterocycles. The predicted molar refractivity (Wildman–Crippen MR) is 146 cm³/mol. The summed E-state index contributed by atoms with van der Waals surface area (Å²) in [4.78, 5) is 4.22. The van der Waals surface area contributed by atoms with E-state index in [1.807, 2.05) is 26.8 Å². The molecule has 1 aromatic rings. The summed E-state index contributed by atoms with van der Waals surface area (Å²) in [6.45, 7) is 12.8. The molecule has 0 aliphatic carbocycles. The van der Waals surface area contributed by atoms with Gasteiger partial charge in [-0.25, -0.2) is 13.2 Å². The van der Waals surface area contributed by atoms with E-state index in [1.165, 1.54) is 20.0 Å². The van der Waals surface area contributed by atoms with Crippen LogP contribution in [0.4, 0.5) is 13.2 Å². The van der Waals surface area contributed by atoms with Crippen molar-refractivity contribution >= 4 is 29.8 Å². The van der Waals surface area contributed by atoms with Gasteiger partial charge in [-0.3, -0.25) is 10.4 Å². The minimum absolute atomic E-state index is 0.0605. The molecule has 0 bridgehead atoms. The Hall–Kier alpha value is -2.93. The van der Waals surface area contributed by atoms with Gasteiger partial charge in [0.15, 0.2) is 0 Å². The number of hydrogen-bond acceptors (Lipinski definition) is 4. The molecule has 1 rings (SSSR count). The van der Waals surface area contributed by atoms with Crippen molar-refractivity contribution in [2.24, 2.45) is 4.99 Å². The quantitative estimate of drug-likeness (QED) is 0.178. The van der Waals surface area contributed by atoms with Gasteiger partial charge in [-0.1, -0.05) is 57.7 Å². The monoisotopic (exact) mass is 491 g/mol. The number of aliphatic imine (C=N–C) groups is 1. The van der Waals surface area contributed by atoms with Gasteiger partial charge in [0.25, 0.3) is 0 Å². The Morgan fingerprint density at radius 1 is 1.06 bits per heavy atom. The lowest BCUT2D eigenvalue weighted by Gasteiger charge is -2.18. The summed E-state index contributed by atoms with van der Waals surface area (Å²) in [5, 5.41) is 16.9. The zero-order valence-corrected chi connectivity index (χ0v) is 22.0. The minimum atomic E-state index is -1.20. The highest BCUT2D eigenvalue weighted by Crippen LogP contribution is 2.27. The van der Waals surface area contributed by atoms with E-state index >= 15 is 0 Å². The van der Waals surface area contributed by atoms with Gasteiger partial charge in [-0.05, 0) is 38.2 Å². The molecule has 0 aliphatic rings. The summed E-state index contributed by atoms with van der Waals surface area (Å²) in [5.41, 5.74) is 0.0522. The van der Waals surface area contributed by atoms with E-state index in [2.05, 4.69) is 24.2 Å². The Bertz CT molecular complexity index is 977. The third kappa shape index (κ3) is 9.51. The van der Waals surface area contributed by atoms with Gasteiger partial charge in [0.05, 0.1) is 17.0 Å². The SMILES string of the molecule is C=C\C=C/C(=C\C)C(/C(=N)c1c(F)cc(F)cc1F)=C(/C(C)=N)C(/C=C\CC)=NC.CC.CS. The van der Waals surface area contributed by atoms with Crippen LogP contribution in [0.2, 0.25) is 0 Å². The largest absolute Gasteiger partial charge is 0.305 e. The lowest BCUT2D eigenvalue weighted by molar-refractivity contribution is 0.540. The maximum Gasteiger partial charge on any atom is 0.138 e. The molecular formula is C27H36F3N3S. The van der Waals surface area contributed by atoms with Crippen LogP contribution in [0, 0.1) is 28.3 Å². The Morgan fingerprint density at radius 2 is 1.59 bits per heavy atom. The zero-order valence-electron chi connectivity index (χ0n) is 21.1. The summed E-state index contributed by atoms with van der Waals surface area (Å²) < 4.78 is 42.4. The molecule has 0 atom stereocenters. The van der Waals surface area contributed by atoms with E-state index < -0.39 is 28.7 Å². The van der Waals surface area contributed by atoms with Crippen molar-refractivity contribution in [3.05, 3.63) is 94.9 Å². The normalized spacial score (nSPS) is 12.4. The van der Waals surface area contributed by atoms with E-state index in [4.69, 9.17) is 10.8 Å². The highest BCUT2D eigenvalue weighted by atomic mass is 32.1. The third-order valence-corrected chi connectivity index (χ3v) is 4.15. The number of thiol groups is 1. The molecule has 0 aliphatic heterocycles. The van der Waals surface area contributed by atoms with Crippen molar-refractivity contribution in [2.75, 3.05) is 13.3 Å². The molecule has 0 saturated carbocycles. The van der Waals surface area contributed by atoms with Gasteiger partial charge in [0.2, 0.25) is 0 Å². The number of rotatable bonds is 9. The molecule has 186 valence electrons. The maximum atomic E-state index is 14.5. The van der Waals surface area contributed by atoms with E-state index in [1.54, 1.807) is 37.5 Å². The fourth-order valence-electron chi connectivity index (χ4n) is 2.82. The molecule has 1 aromatic carbocycles. The molecule has 2 N–H and O–H groups in total. The van der Waals surface area contributed by atoms with Gasteiger partial charge >= 0.3 is 0 Å². The average molecular weight is 492 g/mol. The molecule has 3 nitrogen and oxygen atoms in total. The van der Waals surface area contributed by atoms with Crippen molar-refractivity contribution < 1.29 is 13.2 Å². The Kier molecular flexibility index (Phi) is 18.1. The molecular weight excluding hydrogens is 455 g/mol. The van der Waals surface area contributed by atoms with E-state index in [9.17, 15) is 13.2 Å². The second-order valence-electron chi connectivity index (χ2n) is 6.25. The topological polar surface area (TPSA) is 60.1 Å². The second-order valence-corrected chi connectivity index (χ2v) is 6.25. The van der Waals surface area contributed by atoms with Crippen LogP contribution >= 0.6 is 12.6 Å². The zero-order chi connectivity index (χ0) is 26.8.